The van der Waals surface area contributed by atoms with E-state index in [1.165, 1.54) is 0 Å². The van der Waals surface area contributed by atoms with E-state index in [-0.39, 0.29) is 0 Å². The van der Waals surface area contributed by atoms with Crippen molar-refractivity contribution in [1.29, 1.82) is 5.26 Å². The van der Waals surface area contributed by atoms with Gasteiger partial charge in [-0.2, -0.15) is 5.26 Å². The van der Waals surface area contributed by atoms with Crippen LogP contribution in [-0.4, -0.2) is 23.3 Å². The Morgan fingerprint density at radius 3 is 1.92 bits per heavy atom. The second-order valence-electron chi connectivity index (χ2n) is 7.35. The van der Waals surface area contributed by atoms with Crippen LogP contribution in [0.15, 0.2) is 24.3 Å². The van der Waals surface area contributed by atoms with Crippen molar-refractivity contribution in [2.24, 2.45) is 0 Å². The summed E-state index contributed by atoms with van der Waals surface area (Å²) >= 11 is 0. The van der Waals surface area contributed by atoms with Gasteiger partial charge in [0.15, 0.2) is 6.04 Å². The molecule has 0 saturated carbocycles. The molecule has 0 aliphatic heterocycles. The number of carbonyl (C=O) groups is 2. The molecule has 1 aromatic carbocycles. The molecule has 0 radical (unpaired) electrons. The van der Waals surface area contributed by atoms with E-state index in [0.717, 1.165) is 0 Å². The molecule has 24 heavy (non-hydrogen) atoms. The van der Waals surface area contributed by atoms with Crippen LogP contribution < -0.4 is 5.32 Å². The average Bonchev–Trinajstić information content (AvgIpc) is 2.41. The molecule has 1 atom stereocenters. The molecule has 6 heteroatoms. The van der Waals surface area contributed by atoms with Crippen LogP contribution in [0.25, 0.3) is 0 Å². The molecule has 0 bridgehead atoms. The molecular weight excluding hydrogens is 308 g/mol. The summed E-state index contributed by atoms with van der Waals surface area (Å²) < 4.78 is 10.6. The van der Waals surface area contributed by atoms with E-state index < -0.39 is 29.3 Å². The zero-order chi connectivity index (χ0) is 18.5. The molecule has 0 fully saturated rings. The lowest BCUT2D eigenvalue weighted by atomic mass is 10.0. The van der Waals surface area contributed by atoms with E-state index in [1.54, 1.807) is 65.8 Å². The largest absolute Gasteiger partial charge is 0.458 e. The third-order valence-corrected chi connectivity index (χ3v) is 2.68. The zero-order valence-electron chi connectivity index (χ0n) is 15.0. The van der Waals surface area contributed by atoms with Gasteiger partial charge in [-0.25, -0.2) is 9.59 Å². The molecular formula is C18H24N2O4. The van der Waals surface area contributed by atoms with Gasteiger partial charge in [0, 0.05) is 0 Å². The minimum absolute atomic E-state index is 0.457. The van der Waals surface area contributed by atoms with Crippen LogP contribution in [0.5, 0.6) is 0 Å². The van der Waals surface area contributed by atoms with Gasteiger partial charge in [-0.15, -0.1) is 0 Å². The lowest BCUT2D eigenvalue weighted by Crippen LogP contribution is -2.40. The van der Waals surface area contributed by atoms with E-state index in [4.69, 9.17) is 14.7 Å². The van der Waals surface area contributed by atoms with Crippen LogP contribution in [0, 0.1) is 11.3 Å². The number of hydrogen-bond acceptors (Lipinski definition) is 5. The molecule has 130 valence electrons. The van der Waals surface area contributed by atoms with Crippen LogP contribution in [0.4, 0.5) is 4.79 Å². The highest BCUT2D eigenvalue weighted by Crippen LogP contribution is 2.20. The second-order valence-corrected chi connectivity index (χ2v) is 7.35. The van der Waals surface area contributed by atoms with Crippen molar-refractivity contribution < 1.29 is 19.1 Å². The quantitative estimate of drug-likeness (QED) is 0.856. The minimum atomic E-state index is -1.02. The SMILES string of the molecule is CC(C)(C)OC(=O)NC(C(=O)OC(C)(C)C)c1ccc(C#N)cc1. The molecule has 6 nitrogen and oxygen atoms in total. The fraction of sp³-hybridized carbons (Fsp3) is 0.500. The van der Waals surface area contributed by atoms with Gasteiger partial charge in [-0.1, -0.05) is 12.1 Å². The summed E-state index contributed by atoms with van der Waals surface area (Å²) in [7, 11) is 0. The Morgan fingerprint density at radius 2 is 1.50 bits per heavy atom. The summed E-state index contributed by atoms with van der Waals surface area (Å²) in [5, 5.41) is 11.4. The number of nitrogens with one attached hydrogen (secondary N) is 1. The Kier molecular flexibility index (Phi) is 5.97. The monoisotopic (exact) mass is 332 g/mol. The highest BCUT2D eigenvalue weighted by molar-refractivity contribution is 5.83. The average molecular weight is 332 g/mol. The third-order valence-electron chi connectivity index (χ3n) is 2.68. The molecule has 0 spiro atoms. The van der Waals surface area contributed by atoms with Crippen molar-refractivity contribution in [3.8, 4) is 6.07 Å². The highest BCUT2D eigenvalue weighted by Gasteiger charge is 2.30. The Morgan fingerprint density at radius 1 is 1.00 bits per heavy atom. The smallest absolute Gasteiger partial charge is 0.408 e. The number of esters is 1. The van der Waals surface area contributed by atoms with Crippen LogP contribution in [-0.2, 0) is 14.3 Å². The first kappa shape index (κ1) is 19.5. The maximum Gasteiger partial charge on any atom is 0.408 e. The number of benzene rings is 1. The lowest BCUT2D eigenvalue weighted by Gasteiger charge is -2.26. The molecule has 1 aromatic rings. The van der Waals surface area contributed by atoms with E-state index in [9.17, 15) is 9.59 Å². The first-order valence-corrected chi connectivity index (χ1v) is 7.64. The zero-order valence-corrected chi connectivity index (χ0v) is 15.0. The van der Waals surface area contributed by atoms with Crippen molar-refractivity contribution in [2.75, 3.05) is 0 Å². The summed E-state index contributed by atoms with van der Waals surface area (Å²) in [5.74, 6) is -0.599. The number of nitrogens with zero attached hydrogens (tertiary/aromatic N) is 1. The lowest BCUT2D eigenvalue weighted by molar-refractivity contribution is -0.157. The topological polar surface area (TPSA) is 88.4 Å². The first-order valence-electron chi connectivity index (χ1n) is 7.64. The van der Waals surface area contributed by atoms with Crippen molar-refractivity contribution >= 4 is 12.1 Å². The molecule has 1 amide bonds. The van der Waals surface area contributed by atoms with Gasteiger partial charge in [0.1, 0.15) is 11.2 Å². The first-order chi connectivity index (χ1) is 10.9. The molecule has 1 rings (SSSR count). The standard InChI is InChI=1S/C18H24N2O4/c1-17(2,3)23-15(21)14(20-16(22)24-18(4,5)6)13-9-7-12(11-19)8-10-13/h7-10,14H,1-6H3,(H,20,22). The van der Waals surface area contributed by atoms with Crippen LogP contribution in [0.1, 0.15) is 58.7 Å². The van der Waals surface area contributed by atoms with Crippen LogP contribution >= 0.6 is 0 Å². The predicted molar refractivity (Wildman–Crippen MR) is 89.1 cm³/mol. The number of ether oxygens (including phenoxy) is 2. The molecule has 0 aromatic heterocycles. The van der Waals surface area contributed by atoms with Crippen molar-refractivity contribution in [3.63, 3.8) is 0 Å². The molecule has 0 saturated heterocycles. The van der Waals surface area contributed by atoms with Crippen molar-refractivity contribution in [2.45, 2.75) is 58.8 Å². The Hall–Kier alpha value is -2.55. The van der Waals surface area contributed by atoms with Crippen LogP contribution in [0.3, 0.4) is 0 Å². The number of carbonyl (C=O) groups excluding carboxylic acids is 2. The summed E-state index contributed by atoms with van der Waals surface area (Å²) in [4.78, 5) is 24.5. The fourth-order valence-electron chi connectivity index (χ4n) is 1.81. The Bertz CT molecular complexity index is 631. The summed E-state index contributed by atoms with van der Waals surface area (Å²) in [6.07, 6.45) is -0.720. The van der Waals surface area contributed by atoms with Gasteiger partial charge in [-0.3, -0.25) is 0 Å². The van der Waals surface area contributed by atoms with E-state index in [0.29, 0.717) is 11.1 Å². The fourth-order valence-corrected chi connectivity index (χ4v) is 1.81. The van der Waals surface area contributed by atoms with Gasteiger partial charge in [0.2, 0.25) is 0 Å². The second kappa shape index (κ2) is 7.35. The number of rotatable bonds is 3. The number of nitriles is 1. The molecule has 0 aliphatic rings. The summed E-state index contributed by atoms with van der Waals surface area (Å²) in [6, 6.07) is 7.33. The van der Waals surface area contributed by atoms with E-state index in [1.807, 2.05) is 6.07 Å². The summed E-state index contributed by atoms with van der Waals surface area (Å²) in [6.45, 7) is 10.4. The Labute approximate surface area is 142 Å². The highest BCUT2D eigenvalue weighted by atomic mass is 16.6. The van der Waals surface area contributed by atoms with Crippen molar-refractivity contribution in [3.05, 3.63) is 35.4 Å². The van der Waals surface area contributed by atoms with Crippen LogP contribution in [0.2, 0.25) is 0 Å². The third kappa shape index (κ3) is 6.69. The number of alkyl carbamates (subject to hydrolysis) is 1. The molecule has 0 aliphatic carbocycles. The maximum atomic E-state index is 12.5. The summed E-state index contributed by atoms with van der Waals surface area (Å²) in [5.41, 5.74) is -0.418. The van der Waals surface area contributed by atoms with Gasteiger partial charge >= 0.3 is 12.1 Å². The van der Waals surface area contributed by atoms with Gasteiger partial charge < -0.3 is 14.8 Å². The number of amides is 1. The van der Waals surface area contributed by atoms with Crippen molar-refractivity contribution in [1.82, 2.24) is 5.32 Å². The minimum Gasteiger partial charge on any atom is -0.458 e. The van der Waals surface area contributed by atoms with Gasteiger partial charge in [-0.05, 0) is 59.2 Å². The van der Waals surface area contributed by atoms with E-state index >= 15 is 0 Å². The molecule has 1 N–H and O–H groups in total. The van der Waals surface area contributed by atoms with Gasteiger partial charge in [0.25, 0.3) is 0 Å². The Balaban J connectivity index is 3.04. The predicted octanol–water partition coefficient (Wildman–Crippen LogP) is 3.47. The number of hydrogen-bond donors (Lipinski definition) is 1. The van der Waals surface area contributed by atoms with Gasteiger partial charge in [0.05, 0.1) is 11.6 Å². The molecule has 0 heterocycles. The van der Waals surface area contributed by atoms with E-state index in [2.05, 4.69) is 5.32 Å². The normalized spacial score (nSPS) is 12.7. The molecule has 1 unspecified atom stereocenters. The maximum absolute atomic E-state index is 12.5.